The maximum absolute atomic E-state index is 12.5. The molecular formula is C37H38N2O8. The molecule has 0 saturated carbocycles. The molecule has 0 aliphatic heterocycles. The van der Waals surface area contributed by atoms with E-state index in [1.807, 2.05) is 24.3 Å². The average Bonchev–Trinajstić information content (AvgIpc) is 3.04. The van der Waals surface area contributed by atoms with Gasteiger partial charge in [-0.15, -0.1) is 0 Å². The smallest absolute Gasteiger partial charge is 0.337 e. The van der Waals surface area contributed by atoms with Crippen LogP contribution in [0.5, 0.6) is 11.5 Å². The third-order valence-electron chi connectivity index (χ3n) is 7.42. The second-order valence-corrected chi connectivity index (χ2v) is 11.7. The molecule has 0 aliphatic rings. The van der Waals surface area contributed by atoms with Crippen LogP contribution in [-0.4, -0.2) is 47.2 Å². The molecule has 0 radical (unpaired) electrons. The number of amides is 2. The van der Waals surface area contributed by atoms with Gasteiger partial charge >= 0.3 is 11.9 Å². The van der Waals surface area contributed by atoms with Crippen LogP contribution in [0.4, 0.5) is 11.4 Å². The van der Waals surface area contributed by atoms with E-state index < -0.39 is 23.8 Å². The van der Waals surface area contributed by atoms with Crippen molar-refractivity contribution in [3.63, 3.8) is 0 Å². The normalized spacial score (nSPS) is 10.9. The first-order valence-electron chi connectivity index (χ1n) is 15.2. The second-order valence-electron chi connectivity index (χ2n) is 11.7. The summed E-state index contributed by atoms with van der Waals surface area (Å²) in [6.45, 7) is 7.69. The van der Waals surface area contributed by atoms with Crippen molar-refractivity contribution < 1.29 is 38.9 Å². The van der Waals surface area contributed by atoms with E-state index in [1.165, 1.54) is 24.3 Å². The summed E-state index contributed by atoms with van der Waals surface area (Å²) in [6.07, 6.45) is 0.202. The molecular weight excluding hydrogens is 600 g/mol. The molecule has 0 spiro atoms. The molecule has 0 fully saturated rings. The van der Waals surface area contributed by atoms with Crippen LogP contribution in [0, 0.1) is 0 Å². The number of hydrogen-bond donors (Lipinski definition) is 4. The number of carboxylic acid groups (broad SMARTS) is 2. The number of carbonyl (C=O) groups is 4. The van der Waals surface area contributed by atoms with E-state index in [9.17, 15) is 29.4 Å². The zero-order valence-electron chi connectivity index (χ0n) is 26.7. The van der Waals surface area contributed by atoms with Crippen LogP contribution in [0.25, 0.3) is 0 Å². The molecule has 47 heavy (non-hydrogen) atoms. The van der Waals surface area contributed by atoms with Crippen LogP contribution in [0.1, 0.15) is 82.5 Å². The molecule has 244 valence electrons. The number of nitrogens with one attached hydrogen (secondary N) is 2. The molecule has 0 heterocycles. The van der Waals surface area contributed by atoms with Crippen LogP contribution in [0.2, 0.25) is 0 Å². The molecule has 4 rings (SSSR count). The molecule has 2 amide bonds. The lowest BCUT2D eigenvalue weighted by atomic mass is 9.99. The molecule has 10 heteroatoms. The Morgan fingerprint density at radius 3 is 1.26 bits per heavy atom. The van der Waals surface area contributed by atoms with E-state index >= 15 is 0 Å². The average molecular weight is 639 g/mol. The molecule has 4 aromatic carbocycles. The van der Waals surface area contributed by atoms with E-state index in [0.29, 0.717) is 34.5 Å². The summed E-state index contributed by atoms with van der Waals surface area (Å²) in [5.74, 6) is -1.76. The zero-order chi connectivity index (χ0) is 34.1. The summed E-state index contributed by atoms with van der Waals surface area (Å²) in [6, 6.07) is 23.9. The van der Waals surface area contributed by atoms with Gasteiger partial charge in [-0.3, -0.25) is 9.59 Å². The Hall–Kier alpha value is -5.64. The molecule has 4 N–H and O–H groups in total. The number of hydrogen-bond acceptors (Lipinski definition) is 6. The van der Waals surface area contributed by atoms with Crippen LogP contribution in [0.3, 0.4) is 0 Å². The van der Waals surface area contributed by atoms with Crippen LogP contribution >= 0.6 is 0 Å². The number of anilines is 2. The van der Waals surface area contributed by atoms with E-state index in [0.717, 1.165) is 11.1 Å². The standard InChI is InChI=1S/C37H38N2O8/c1-22(2)26-7-11-28(12-8-26)46-20-34(40)38-32-15-5-24(18-30(32)36(42)43)17-25-6-16-33(31(19-25)37(44)45)39-35(41)21-47-29-13-9-27(10-14-29)23(3)4/h5-16,18-19,22-23H,17,20-21H2,1-4H3,(H,38,40)(H,39,41)(H,42,43)(H,44,45). The molecule has 0 bridgehead atoms. The predicted molar refractivity (Wildman–Crippen MR) is 179 cm³/mol. The van der Waals surface area contributed by atoms with Gasteiger partial charge in [0.1, 0.15) is 11.5 Å². The summed E-state index contributed by atoms with van der Waals surface area (Å²) in [7, 11) is 0. The number of benzene rings is 4. The monoisotopic (exact) mass is 638 g/mol. The van der Waals surface area contributed by atoms with Crippen LogP contribution in [0.15, 0.2) is 84.9 Å². The number of carbonyl (C=O) groups excluding carboxylic acids is 2. The molecule has 10 nitrogen and oxygen atoms in total. The lowest BCUT2D eigenvalue weighted by Gasteiger charge is -2.13. The maximum Gasteiger partial charge on any atom is 0.337 e. The molecule has 0 aliphatic carbocycles. The zero-order valence-corrected chi connectivity index (χ0v) is 26.7. The summed E-state index contributed by atoms with van der Waals surface area (Å²) >= 11 is 0. The van der Waals surface area contributed by atoms with Crippen molar-refractivity contribution in [2.75, 3.05) is 23.8 Å². The van der Waals surface area contributed by atoms with Gasteiger partial charge in [-0.1, -0.05) is 64.1 Å². The van der Waals surface area contributed by atoms with Crippen molar-refractivity contribution in [3.05, 3.63) is 118 Å². The number of aromatic carboxylic acids is 2. The lowest BCUT2D eigenvalue weighted by molar-refractivity contribution is -0.118. The summed E-state index contributed by atoms with van der Waals surface area (Å²) in [4.78, 5) is 49.2. The Kier molecular flexibility index (Phi) is 11.3. The predicted octanol–water partition coefficient (Wildman–Crippen LogP) is 6.96. The van der Waals surface area contributed by atoms with Crippen LogP contribution in [-0.2, 0) is 16.0 Å². The second kappa shape index (κ2) is 15.6. The first-order valence-corrected chi connectivity index (χ1v) is 15.2. The van der Waals surface area contributed by atoms with Crippen molar-refractivity contribution in [1.29, 1.82) is 0 Å². The summed E-state index contributed by atoms with van der Waals surface area (Å²) in [5, 5.41) is 24.8. The topological polar surface area (TPSA) is 151 Å². The number of rotatable bonds is 14. The first-order chi connectivity index (χ1) is 22.4. The molecule has 0 unspecified atom stereocenters. The Morgan fingerprint density at radius 1 is 0.574 bits per heavy atom. The van der Waals surface area contributed by atoms with Crippen LogP contribution < -0.4 is 20.1 Å². The highest BCUT2D eigenvalue weighted by Gasteiger charge is 2.17. The Bertz CT molecular complexity index is 1620. The van der Waals surface area contributed by atoms with Gasteiger partial charge in [0.2, 0.25) is 0 Å². The van der Waals surface area contributed by atoms with E-state index in [1.54, 1.807) is 36.4 Å². The Balaban J connectivity index is 1.38. The van der Waals surface area contributed by atoms with Gasteiger partial charge < -0.3 is 30.3 Å². The highest BCUT2D eigenvalue weighted by molar-refractivity contribution is 6.02. The van der Waals surface area contributed by atoms with E-state index in [4.69, 9.17) is 9.47 Å². The fourth-order valence-electron chi connectivity index (χ4n) is 4.78. The Labute approximate surface area is 273 Å². The van der Waals surface area contributed by atoms with Gasteiger partial charge in [0.25, 0.3) is 11.8 Å². The number of ether oxygens (including phenoxy) is 2. The van der Waals surface area contributed by atoms with Gasteiger partial charge in [0.15, 0.2) is 13.2 Å². The highest BCUT2D eigenvalue weighted by atomic mass is 16.5. The number of carboxylic acids is 2. The minimum Gasteiger partial charge on any atom is -0.484 e. The summed E-state index contributed by atoms with van der Waals surface area (Å²) < 4.78 is 11.1. The van der Waals surface area contributed by atoms with Gasteiger partial charge in [0, 0.05) is 0 Å². The minimum absolute atomic E-state index is 0.104. The lowest BCUT2D eigenvalue weighted by Crippen LogP contribution is -2.22. The van der Waals surface area contributed by atoms with Gasteiger partial charge in [0.05, 0.1) is 22.5 Å². The molecule has 0 saturated heterocycles. The van der Waals surface area contributed by atoms with Gasteiger partial charge in [-0.25, -0.2) is 9.59 Å². The fraction of sp³-hybridized carbons (Fsp3) is 0.243. The molecule has 4 aromatic rings. The molecule has 0 atom stereocenters. The van der Waals surface area contributed by atoms with Crippen molar-refractivity contribution in [2.24, 2.45) is 0 Å². The van der Waals surface area contributed by atoms with Crippen molar-refractivity contribution in [3.8, 4) is 11.5 Å². The quantitative estimate of drug-likeness (QED) is 0.116. The van der Waals surface area contributed by atoms with E-state index in [2.05, 4.69) is 38.3 Å². The van der Waals surface area contributed by atoms with Gasteiger partial charge in [-0.05, 0) is 89.0 Å². The summed E-state index contributed by atoms with van der Waals surface area (Å²) in [5.41, 5.74) is 3.38. The van der Waals surface area contributed by atoms with Crippen molar-refractivity contribution in [2.45, 2.75) is 46.0 Å². The third-order valence-corrected chi connectivity index (χ3v) is 7.42. The molecule has 0 aromatic heterocycles. The largest absolute Gasteiger partial charge is 0.484 e. The minimum atomic E-state index is -1.24. The van der Waals surface area contributed by atoms with Crippen molar-refractivity contribution in [1.82, 2.24) is 0 Å². The SMILES string of the molecule is CC(C)c1ccc(OCC(=O)Nc2ccc(Cc3ccc(NC(=O)COc4ccc(C(C)C)cc4)c(C(=O)O)c3)cc2C(=O)O)cc1. The Morgan fingerprint density at radius 2 is 0.936 bits per heavy atom. The van der Waals surface area contributed by atoms with E-state index in [-0.39, 0.29) is 42.1 Å². The highest BCUT2D eigenvalue weighted by Crippen LogP contribution is 2.24. The fourth-order valence-corrected chi connectivity index (χ4v) is 4.78. The van der Waals surface area contributed by atoms with Crippen molar-refractivity contribution >= 4 is 35.1 Å². The first kappa shape index (κ1) is 34.2. The third kappa shape index (κ3) is 9.67. The maximum atomic E-state index is 12.5. The van der Waals surface area contributed by atoms with Gasteiger partial charge in [-0.2, -0.15) is 0 Å².